The monoisotopic (exact) mass is 197 g/mol. The molecular weight excluding hydrogens is 174 g/mol. The van der Waals surface area contributed by atoms with Gasteiger partial charge in [-0.1, -0.05) is 12.8 Å². The minimum Gasteiger partial charge on any atom is -0.390 e. The zero-order valence-electron chi connectivity index (χ0n) is 9.17. The molecule has 0 bridgehead atoms. The van der Waals surface area contributed by atoms with Crippen LogP contribution in [0.5, 0.6) is 0 Å². The molecule has 0 aromatic carbocycles. The fourth-order valence-electron chi connectivity index (χ4n) is 2.92. The second-order valence-electron chi connectivity index (χ2n) is 5.08. The molecule has 1 saturated carbocycles. The molecule has 0 spiro atoms. The third-order valence-corrected chi connectivity index (χ3v) is 3.85. The van der Waals surface area contributed by atoms with Gasteiger partial charge in [-0.3, -0.25) is 0 Å². The van der Waals surface area contributed by atoms with Crippen LogP contribution in [0.3, 0.4) is 0 Å². The van der Waals surface area contributed by atoms with E-state index in [1.54, 1.807) is 0 Å². The zero-order chi connectivity index (χ0) is 9.86. The van der Waals surface area contributed by atoms with Crippen molar-refractivity contribution >= 4 is 0 Å². The molecule has 1 N–H and O–H groups in total. The van der Waals surface area contributed by atoms with E-state index in [-0.39, 0.29) is 5.60 Å². The summed E-state index contributed by atoms with van der Waals surface area (Å²) in [5.41, 5.74) is -0.278. The van der Waals surface area contributed by atoms with E-state index >= 15 is 0 Å². The molecule has 1 heterocycles. The Balaban J connectivity index is 1.61. The number of likely N-dealkylation sites (tertiary alicyclic amines) is 1. The Morgan fingerprint density at radius 2 is 1.64 bits per heavy atom. The highest BCUT2D eigenvalue weighted by Gasteiger charge is 2.30. The smallest absolute Gasteiger partial charge is 0.0648 e. The van der Waals surface area contributed by atoms with Crippen molar-refractivity contribution in [3.63, 3.8) is 0 Å². The third kappa shape index (κ3) is 2.71. The SMILES string of the molecule is OC1(CCCN2CCCC2)CCCC1. The van der Waals surface area contributed by atoms with Gasteiger partial charge in [0.15, 0.2) is 0 Å². The average Bonchev–Trinajstić information content (AvgIpc) is 2.77. The Morgan fingerprint density at radius 3 is 2.29 bits per heavy atom. The first-order chi connectivity index (χ1) is 6.79. The quantitative estimate of drug-likeness (QED) is 0.746. The van der Waals surface area contributed by atoms with E-state index in [1.807, 2.05) is 0 Å². The second kappa shape index (κ2) is 4.63. The Morgan fingerprint density at radius 1 is 1.00 bits per heavy atom. The van der Waals surface area contributed by atoms with Gasteiger partial charge in [0.25, 0.3) is 0 Å². The minimum absolute atomic E-state index is 0.278. The maximum Gasteiger partial charge on any atom is 0.0648 e. The molecule has 0 atom stereocenters. The molecular formula is C12H23NO. The summed E-state index contributed by atoms with van der Waals surface area (Å²) in [6.45, 7) is 3.79. The van der Waals surface area contributed by atoms with Crippen molar-refractivity contribution in [3.05, 3.63) is 0 Å². The normalized spacial score (nSPS) is 27.2. The average molecular weight is 197 g/mol. The van der Waals surface area contributed by atoms with Crippen LogP contribution in [0, 0.1) is 0 Å². The van der Waals surface area contributed by atoms with Crippen LogP contribution in [0.1, 0.15) is 51.4 Å². The molecule has 1 saturated heterocycles. The summed E-state index contributed by atoms with van der Waals surface area (Å²) in [5.74, 6) is 0. The summed E-state index contributed by atoms with van der Waals surface area (Å²) in [7, 11) is 0. The third-order valence-electron chi connectivity index (χ3n) is 3.85. The van der Waals surface area contributed by atoms with Crippen molar-refractivity contribution in [1.29, 1.82) is 0 Å². The Hall–Kier alpha value is -0.0800. The van der Waals surface area contributed by atoms with Crippen molar-refractivity contribution < 1.29 is 5.11 Å². The highest BCUT2D eigenvalue weighted by atomic mass is 16.3. The maximum absolute atomic E-state index is 10.1. The number of hydrogen-bond acceptors (Lipinski definition) is 2. The first-order valence-corrected chi connectivity index (χ1v) is 6.23. The van der Waals surface area contributed by atoms with Gasteiger partial charge >= 0.3 is 0 Å². The van der Waals surface area contributed by atoms with Crippen LogP contribution in [0.4, 0.5) is 0 Å². The lowest BCUT2D eigenvalue weighted by atomic mass is 9.96. The number of rotatable bonds is 4. The van der Waals surface area contributed by atoms with Crippen LogP contribution in [0.2, 0.25) is 0 Å². The van der Waals surface area contributed by atoms with Crippen molar-refractivity contribution in [2.75, 3.05) is 19.6 Å². The van der Waals surface area contributed by atoms with Gasteiger partial charge < -0.3 is 10.0 Å². The summed E-state index contributed by atoms with van der Waals surface area (Å²) in [5, 5.41) is 10.1. The number of nitrogens with zero attached hydrogens (tertiary/aromatic N) is 1. The molecule has 0 amide bonds. The molecule has 2 aliphatic rings. The lowest BCUT2D eigenvalue weighted by Gasteiger charge is -2.23. The van der Waals surface area contributed by atoms with Crippen molar-refractivity contribution in [3.8, 4) is 0 Å². The van der Waals surface area contributed by atoms with Crippen LogP contribution in [-0.2, 0) is 0 Å². The largest absolute Gasteiger partial charge is 0.390 e. The highest BCUT2D eigenvalue weighted by Crippen LogP contribution is 2.33. The second-order valence-corrected chi connectivity index (χ2v) is 5.08. The molecule has 2 nitrogen and oxygen atoms in total. The molecule has 1 aliphatic carbocycles. The molecule has 0 aromatic heterocycles. The fourth-order valence-corrected chi connectivity index (χ4v) is 2.92. The van der Waals surface area contributed by atoms with E-state index in [4.69, 9.17) is 0 Å². The van der Waals surface area contributed by atoms with Gasteiger partial charge in [-0.15, -0.1) is 0 Å². The topological polar surface area (TPSA) is 23.5 Å². The van der Waals surface area contributed by atoms with Crippen LogP contribution < -0.4 is 0 Å². The van der Waals surface area contributed by atoms with Crippen LogP contribution in [0.25, 0.3) is 0 Å². The summed E-state index contributed by atoms with van der Waals surface area (Å²) < 4.78 is 0. The summed E-state index contributed by atoms with van der Waals surface area (Å²) in [6, 6.07) is 0. The van der Waals surface area contributed by atoms with E-state index in [1.165, 1.54) is 51.7 Å². The van der Waals surface area contributed by atoms with Crippen molar-refractivity contribution in [2.24, 2.45) is 0 Å². The predicted octanol–water partition coefficient (Wildman–Crippen LogP) is 2.17. The van der Waals surface area contributed by atoms with E-state index < -0.39 is 0 Å². The van der Waals surface area contributed by atoms with E-state index in [2.05, 4.69) is 4.90 Å². The summed E-state index contributed by atoms with van der Waals surface area (Å²) >= 11 is 0. The predicted molar refractivity (Wildman–Crippen MR) is 58.3 cm³/mol. The standard InChI is InChI=1S/C12H23NO/c14-12(6-1-2-7-12)8-5-11-13-9-3-4-10-13/h14H,1-11H2. The van der Waals surface area contributed by atoms with Gasteiger partial charge in [0, 0.05) is 0 Å². The van der Waals surface area contributed by atoms with Crippen molar-refractivity contribution in [1.82, 2.24) is 4.90 Å². The van der Waals surface area contributed by atoms with Gasteiger partial charge in [-0.05, 0) is 58.2 Å². The number of aliphatic hydroxyl groups is 1. The number of hydrogen-bond donors (Lipinski definition) is 1. The van der Waals surface area contributed by atoms with Crippen LogP contribution in [0.15, 0.2) is 0 Å². The first-order valence-electron chi connectivity index (χ1n) is 6.23. The molecule has 1 aliphatic heterocycles. The van der Waals surface area contributed by atoms with Gasteiger partial charge in [-0.25, -0.2) is 0 Å². The molecule has 2 heteroatoms. The Bertz CT molecular complexity index is 169. The lowest BCUT2D eigenvalue weighted by molar-refractivity contribution is 0.0345. The Kier molecular flexibility index (Phi) is 3.45. The van der Waals surface area contributed by atoms with Gasteiger partial charge in [0.05, 0.1) is 5.60 Å². The van der Waals surface area contributed by atoms with E-state index in [0.717, 1.165) is 19.3 Å². The molecule has 0 aromatic rings. The van der Waals surface area contributed by atoms with Crippen molar-refractivity contribution in [2.45, 2.75) is 57.0 Å². The molecule has 0 unspecified atom stereocenters. The molecule has 82 valence electrons. The highest BCUT2D eigenvalue weighted by molar-refractivity contribution is 4.84. The summed E-state index contributed by atoms with van der Waals surface area (Å²) in [6.07, 6.45) is 9.55. The molecule has 14 heavy (non-hydrogen) atoms. The minimum atomic E-state index is -0.278. The zero-order valence-corrected chi connectivity index (χ0v) is 9.17. The maximum atomic E-state index is 10.1. The molecule has 2 fully saturated rings. The lowest BCUT2D eigenvalue weighted by Crippen LogP contribution is -2.27. The summed E-state index contributed by atoms with van der Waals surface area (Å²) in [4.78, 5) is 2.54. The molecule has 2 rings (SSSR count). The van der Waals surface area contributed by atoms with Crippen LogP contribution >= 0.6 is 0 Å². The van der Waals surface area contributed by atoms with Crippen LogP contribution in [-0.4, -0.2) is 35.2 Å². The van der Waals surface area contributed by atoms with Gasteiger partial charge in [-0.2, -0.15) is 0 Å². The van der Waals surface area contributed by atoms with Gasteiger partial charge in [0.1, 0.15) is 0 Å². The first kappa shape index (κ1) is 10.4. The van der Waals surface area contributed by atoms with E-state index in [0.29, 0.717) is 0 Å². The van der Waals surface area contributed by atoms with E-state index in [9.17, 15) is 5.11 Å². The fraction of sp³-hybridized carbons (Fsp3) is 1.00. The van der Waals surface area contributed by atoms with Gasteiger partial charge in [0.2, 0.25) is 0 Å². The molecule has 0 radical (unpaired) electrons. The Labute approximate surface area is 87.3 Å².